The molecule has 1 aromatic heterocycles. The summed E-state index contributed by atoms with van der Waals surface area (Å²) >= 11 is 1.50. The van der Waals surface area contributed by atoms with Gasteiger partial charge >= 0.3 is 12.2 Å². The average molecular weight is 545 g/mol. The van der Waals surface area contributed by atoms with E-state index in [1.165, 1.54) is 16.3 Å². The van der Waals surface area contributed by atoms with Crippen molar-refractivity contribution in [2.24, 2.45) is 11.8 Å². The van der Waals surface area contributed by atoms with Gasteiger partial charge in [0.15, 0.2) is 0 Å². The second kappa shape index (κ2) is 13.9. The highest BCUT2D eigenvalue weighted by Gasteiger charge is 2.40. The Labute approximate surface area is 227 Å². The average Bonchev–Trinajstić information content (AvgIpc) is 3.51. The van der Waals surface area contributed by atoms with Gasteiger partial charge in [-0.2, -0.15) is 16.8 Å². The highest BCUT2D eigenvalue weighted by Crippen LogP contribution is 2.17. The van der Waals surface area contributed by atoms with E-state index in [1.54, 1.807) is 0 Å². The van der Waals surface area contributed by atoms with Crippen LogP contribution in [0.3, 0.4) is 0 Å². The van der Waals surface area contributed by atoms with Crippen LogP contribution in [-0.4, -0.2) is 47.2 Å². The molecule has 1 saturated heterocycles. The number of hydrazine groups is 1. The lowest BCUT2D eigenvalue weighted by Gasteiger charge is -2.25. The maximum atomic E-state index is 13.3. The van der Waals surface area contributed by atoms with Crippen LogP contribution in [0.5, 0.6) is 0 Å². The molecule has 0 aliphatic carbocycles. The molecule has 11 heteroatoms. The SMILES string of the molecule is CC(C)C[C@H](NC(=O)OCc1ccccc1)C(=O)N[C@@H](CC(C)C)C(=O)C1NN(Cc2ccsc2)C(=O)O1. The Kier molecular flexibility index (Phi) is 10.7. The first-order valence-corrected chi connectivity index (χ1v) is 13.6. The molecule has 1 unspecified atom stereocenters. The molecule has 10 nitrogen and oxygen atoms in total. The van der Waals surface area contributed by atoms with Crippen molar-refractivity contribution in [3.63, 3.8) is 0 Å². The van der Waals surface area contributed by atoms with E-state index in [9.17, 15) is 19.2 Å². The Hall–Kier alpha value is -3.44. The molecule has 3 rings (SSSR count). The predicted molar refractivity (Wildman–Crippen MR) is 143 cm³/mol. The van der Waals surface area contributed by atoms with Gasteiger partial charge in [0.05, 0.1) is 12.6 Å². The molecule has 2 aromatic rings. The number of cyclic esters (lactones) is 1. The van der Waals surface area contributed by atoms with Gasteiger partial charge in [-0.05, 0) is 52.6 Å². The molecule has 0 bridgehead atoms. The first-order chi connectivity index (χ1) is 18.1. The predicted octanol–water partition coefficient (Wildman–Crippen LogP) is 3.97. The van der Waals surface area contributed by atoms with Crippen molar-refractivity contribution in [3.05, 3.63) is 58.3 Å². The van der Waals surface area contributed by atoms with Crippen molar-refractivity contribution in [2.75, 3.05) is 0 Å². The lowest BCUT2D eigenvalue weighted by Crippen LogP contribution is -2.55. The quantitative estimate of drug-likeness (QED) is 0.348. The molecule has 3 amide bonds. The van der Waals surface area contributed by atoms with Crippen LogP contribution in [0.25, 0.3) is 0 Å². The molecular weight excluding hydrogens is 508 g/mol. The van der Waals surface area contributed by atoms with Gasteiger partial charge in [-0.25, -0.2) is 14.6 Å². The summed E-state index contributed by atoms with van der Waals surface area (Å²) in [7, 11) is 0. The van der Waals surface area contributed by atoms with Crippen LogP contribution in [0, 0.1) is 11.8 Å². The number of Topliss-reactive ketones (excluding diaryl/α,β-unsaturated/α-hetero) is 1. The van der Waals surface area contributed by atoms with Crippen LogP contribution in [0.1, 0.15) is 51.7 Å². The second-order valence-corrected chi connectivity index (χ2v) is 10.9. The lowest BCUT2D eigenvalue weighted by atomic mass is 9.97. The zero-order valence-corrected chi connectivity index (χ0v) is 23.0. The molecule has 0 saturated carbocycles. The molecular formula is C27H36N4O6S. The number of ketones is 1. The third kappa shape index (κ3) is 8.84. The van der Waals surface area contributed by atoms with Crippen molar-refractivity contribution in [3.8, 4) is 0 Å². The molecule has 206 valence electrons. The molecule has 3 N–H and O–H groups in total. The summed E-state index contributed by atoms with van der Waals surface area (Å²) in [6.07, 6.45) is -1.93. The van der Waals surface area contributed by atoms with E-state index in [0.29, 0.717) is 12.8 Å². The first kappa shape index (κ1) is 29.1. The molecule has 3 atom stereocenters. The fraction of sp³-hybridized carbons (Fsp3) is 0.481. The lowest BCUT2D eigenvalue weighted by molar-refractivity contribution is -0.134. The summed E-state index contributed by atoms with van der Waals surface area (Å²) in [4.78, 5) is 51.4. The fourth-order valence-corrected chi connectivity index (χ4v) is 4.62. The first-order valence-electron chi connectivity index (χ1n) is 12.7. The van der Waals surface area contributed by atoms with Gasteiger partial charge in [-0.3, -0.25) is 9.59 Å². The molecule has 2 heterocycles. The number of ether oxygens (including phenoxy) is 2. The Morgan fingerprint density at radius 1 is 1.00 bits per heavy atom. The minimum atomic E-state index is -1.22. The highest BCUT2D eigenvalue weighted by atomic mass is 32.1. The van der Waals surface area contributed by atoms with Gasteiger partial charge in [-0.15, -0.1) is 0 Å². The van der Waals surface area contributed by atoms with E-state index in [-0.39, 0.29) is 25.0 Å². The van der Waals surface area contributed by atoms with E-state index in [0.717, 1.165) is 11.1 Å². The Bertz CT molecular complexity index is 1080. The number of rotatable bonds is 13. The highest BCUT2D eigenvalue weighted by molar-refractivity contribution is 7.07. The summed E-state index contributed by atoms with van der Waals surface area (Å²) in [6.45, 7) is 8.02. The number of amides is 3. The van der Waals surface area contributed by atoms with E-state index in [4.69, 9.17) is 9.47 Å². The summed E-state index contributed by atoms with van der Waals surface area (Å²) in [5.74, 6) is -0.824. The topological polar surface area (TPSA) is 126 Å². The Morgan fingerprint density at radius 3 is 2.32 bits per heavy atom. The monoisotopic (exact) mass is 544 g/mol. The maximum absolute atomic E-state index is 13.3. The minimum Gasteiger partial charge on any atom is -0.445 e. The smallest absolute Gasteiger partial charge is 0.426 e. The number of thiophene rings is 1. The van der Waals surface area contributed by atoms with E-state index in [1.807, 2.05) is 74.9 Å². The summed E-state index contributed by atoms with van der Waals surface area (Å²) < 4.78 is 10.6. The van der Waals surface area contributed by atoms with Gasteiger partial charge in [-0.1, -0.05) is 58.0 Å². The van der Waals surface area contributed by atoms with Gasteiger partial charge in [0.1, 0.15) is 12.6 Å². The van der Waals surface area contributed by atoms with Crippen LogP contribution in [0.15, 0.2) is 47.2 Å². The van der Waals surface area contributed by atoms with Crippen molar-refractivity contribution < 1.29 is 28.7 Å². The zero-order chi connectivity index (χ0) is 27.7. The van der Waals surface area contributed by atoms with Crippen LogP contribution in [0.4, 0.5) is 9.59 Å². The third-order valence-corrected chi connectivity index (χ3v) is 6.52. The number of nitrogens with zero attached hydrogens (tertiary/aromatic N) is 1. The number of nitrogens with one attached hydrogen (secondary N) is 3. The van der Waals surface area contributed by atoms with Crippen molar-refractivity contribution in [1.82, 2.24) is 21.1 Å². The number of hydrogen-bond donors (Lipinski definition) is 3. The second-order valence-electron chi connectivity index (χ2n) is 10.1. The molecule has 1 aliphatic heterocycles. The number of alkyl carbamates (subject to hydrolysis) is 1. The zero-order valence-electron chi connectivity index (χ0n) is 22.1. The number of carbonyl (C=O) groups is 4. The Balaban J connectivity index is 1.63. The van der Waals surface area contributed by atoms with E-state index in [2.05, 4.69) is 16.1 Å². The van der Waals surface area contributed by atoms with Crippen LogP contribution in [0.2, 0.25) is 0 Å². The fourth-order valence-electron chi connectivity index (χ4n) is 3.96. The van der Waals surface area contributed by atoms with Gasteiger partial charge in [0.25, 0.3) is 0 Å². The molecule has 1 fully saturated rings. The number of hydrogen-bond acceptors (Lipinski definition) is 8. The summed E-state index contributed by atoms with van der Waals surface area (Å²) in [5.41, 5.74) is 4.53. The van der Waals surface area contributed by atoms with Crippen molar-refractivity contribution >= 4 is 35.2 Å². The van der Waals surface area contributed by atoms with Crippen molar-refractivity contribution in [1.29, 1.82) is 0 Å². The molecule has 0 spiro atoms. The normalized spacial score (nSPS) is 16.7. The van der Waals surface area contributed by atoms with Crippen LogP contribution < -0.4 is 16.1 Å². The van der Waals surface area contributed by atoms with E-state index >= 15 is 0 Å². The number of benzene rings is 1. The van der Waals surface area contributed by atoms with Gasteiger partial charge < -0.3 is 20.1 Å². The number of carbonyl (C=O) groups excluding carboxylic acids is 4. The molecule has 38 heavy (non-hydrogen) atoms. The van der Waals surface area contributed by atoms with Crippen LogP contribution >= 0.6 is 11.3 Å². The minimum absolute atomic E-state index is 0.0654. The van der Waals surface area contributed by atoms with Crippen LogP contribution in [-0.2, 0) is 32.2 Å². The van der Waals surface area contributed by atoms with Gasteiger partial charge in [0.2, 0.25) is 17.9 Å². The van der Waals surface area contributed by atoms with Crippen molar-refractivity contribution in [2.45, 2.75) is 72.0 Å². The van der Waals surface area contributed by atoms with Gasteiger partial charge in [0, 0.05) is 0 Å². The third-order valence-electron chi connectivity index (χ3n) is 5.79. The molecule has 1 aromatic carbocycles. The maximum Gasteiger partial charge on any atom is 0.426 e. The summed E-state index contributed by atoms with van der Waals surface area (Å²) in [6, 6.07) is 9.26. The van der Waals surface area contributed by atoms with E-state index < -0.39 is 42.2 Å². The summed E-state index contributed by atoms with van der Waals surface area (Å²) in [5, 5.41) is 10.4. The molecule has 0 radical (unpaired) electrons. The standard InChI is InChI=1S/C27H36N4O6S/c1-17(2)12-21(23(32)25-30-31(27(35)37-25)14-20-10-11-38-16-20)28-24(33)22(13-18(3)4)29-26(34)36-15-19-8-6-5-7-9-19/h5-11,16-18,21-22,25,30H,12-15H2,1-4H3,(H,28,33)(H,29,34)/t21-,22-,25?/m0/s1. The molecule has 1 aliphatic rings. The largest absolute Gasteiger partial charge is 0.445 e. The Morgan fingerprint density at radius 2 is 1.68 bits per heavy atom.